The van der Waals surface area contributed by atoms with Crippen molar-refractivity contribution in [3.63, 3.8) is 0 Å². The van der Waals surface area contributed by atoms with Gasteiger partial charge in [0.1, 0.15) is 11.5 Å². The van der Waals surface area contributed by atoms with E-state index in [1.165, 1.54) is 12.1 Å². The average Bonchev–Trinajstić information content (AvgIpc) is 2.29. The van der Waals surface area contributed by atoms with Crippen LogP contribution in [0.5, 0.6) is 11.5 Å². The third-order valence-corrected chi connectivity index (χ3v) is 2.77. The molecule has 4 nitrogen and oxygen atoms in total. The summed E-state index contributed by atoms with van der Waals surface area (Å²) in [4.78, 5) is 0. The normalized spacial score (nSPS) is 14.5. The molecule has 0 aliphatic carbocycles. The van der Waals surface area contributed by atoms with Crippen molar-refractivity contribution >= 4 is 0 Å². The molecule has 0 saturated heterocycles. The van der Waals surface area contributed by atoms with E-state index in [2.05, 4.69) is 12.2 Å². The van der Waals surface area contributed by atoms with Gasteiger partial charge in [-0.25, -0.2) is 0 Å². The quantitative estimate of drug-likeness (QED) is 0.666. The summed E-state index contributed by atoms with van der Waals surface area (Å²) in [5.74, 6) is 0.359. The Labute approximate surface area is 102 Å². The number of ether oxygens (including phenoxy) is 1. The Morgan fingerprint density at radius 3 is 2.65 bits per heavy atom. The Kier molecular flexibility index (Phi) is 5.25. The standard InChI is InChI=1S/C13H21NO3/c1-9(6-7-17-3)14-10(2)12-8-11(15)4-5-13(12)16/h4-5,8-10,14-16H,6-7H2,1-3H3. The summed E-state index contributed by atoms with van der Waals surface area (Å²) in [5.41, 5.74) is 0.703. The number of phenolic OH excluding ortho intramolecular Hbond substituents is 2. The first-order valence-corrected chi connectivity index (χ1v) is 5.81. The summed E-state index contributed by atoms with van der Waals surface area (Å²) in [7, 11) is 1.68. The molecule has 0 saturated carbocycles. The van der Waals surface area contributed by atoms with Crippen LogP contribution in [0.25, 0.3) is 0 Å². The lowest BCUT2D eigenvalue weighted by Crippen LogP contribution is -2.29. The molecular weight excluding hydrogens is 218 g/mol. The molecule has 0 radical (unpaired) electrons. The van der Waals surface area contributed by atoms with Crippen LogP contribution in [0.2, 0.25) is 0 Å². The Morgan fingerprint density at radius 1 is 1.29 bits per heavy atom. The lowest BCUT2D eigenvalue weighted by atomic mass is 10.1. The number of benzene rings is 1. The zero-order valence-electron chi connectivity index (χ0n) is 10.6. The summed E-state index contributed by atoms with van der Waals surface area (Å²) in [5, 5.41) is 22.5. The second-order valence-electron chi connectivity index (χ2n) is 4.31. The van der Waals surface area contributed by atoms with Crippen LogP contribution in [0, 0.1) is 0 Å². The molecule has 1 rings (SSSR count). The van der Waals surface area contributed by atoms with Gasteiger partial charge in [0.15, 0.2) is 0 Å². The monoisotopic (exact) mass is 239 g/mol. The summed E-state index contributed by atoms with van der Waals surface area (Å²) in [6, 6.07) is 4.82. The van der Waals surface area contributed by atoms with Gasteiger partial charge in [0.25, 0.3) is 0 Å². The first-order valence-electron chi connectivity index (χ1n) is 5.81. The minimum absolute atomic E-state index is 0.0195. The van der Waals surface area contributed by atoms with Crippen molar-refractivity contribution in [1.29, 1.82) is 0 Å². The first-order chi connectivity index (χ1) is 8.04. The second kappa shape index (κ2) is 6.47. The molecule has 2 unspecified atom stereocenters. The molecule has 0 aromatic heterocycles. The molecule has 0 heterocycles. The number of nitrogens with one attached hydrogen (secondary N) is 1. The first kappa shape index (κ1) is 13.8. The van der Waals surface area contributed by atoms with Crippen molar-refractivity contribution in [3.05, 3.63) is 23.8 Å². The van der Waals surface area contributed by atoms with Gasteiger partial charge in [-0.2, -0.15) is 0 Å². The maximum atomic E-state index is 9.72. The zero-order chi connectivity index (χ0) is 12.8. The van der Waals surface area contributed by atoms with Gasteiger partial charge < -0.3 is 20.3 Å². The molecule has 1 aromatic carbocycles. The maximum Gasteiger partial charge on any atom is 0.120 e. The summed E-state index contributed by atoms with van der Waals surface area (Å²) < 4.78 is 5.01. The number of hydrogen-bond donors (Lipinski definition) is 3. The van der Waals surface area contributed by atoms with Crippen LogP contribution >= 0.6 is 0 Å². The van der Waals surface area contributed by atoms with Crippen molar-refractivity contribution in [2.24, 2.45) is 0 Å². The number of phenols is 2. The van der Waals surface area contributed by atoms with E-state index in [9.17, 15) is 10.2 Å². The predicted molar refractivity (Wildman–Crippen MR) is 67.3 cm³/mol. The van der Waals surface area contributed by atoms with E-state index in [0.717, 1.165) is 6.42 Å². The fraction of sp³-hybridized carbons (Fsp3) is 0.538. The van der Waals surface area contributed by atoms with Crippen molar-refractivity contribution in [1.82, 2.24) is 5.32 Å². The fourth-order valence-electron chi connectivity index (χ4n) is 1.78. The van der Waals surface area contributed by atoms with Gasteiger partial charge in [-0.15, -0.1) is 0 Å². The molecule has 1 aromatic rings. The maximum absolute atomic E-state index is 9.72. The number of rotatable bonds is 6. The average molecular weight is 239 g/mol. The Balaban J connectivity index is 2.62. The van der Waals surface area contributed by atoms with E-state index in [1.54, 1.807) is 13.2 Å². The third-order valence-electron chi connectivity index (χ3n) is 2.77. The van der Waals surface area contributed by atoms with E-state index < -0.39 is 0 Å². The molecule has 4 heteroatoms. The zero-order valence-corrected chi connectivity index (χ0v) is 10.6. The SMILES string of the molecule is COCCC(C)NC(C)c1cc(O)ccc1O. The molecular formula is C13H21NO3. The molecule has 3 N–H and O–H groups in total. The molecule has 0 amide bonds. The predicted octanol–water partition coefficient (Wildman–Crippen LogP) is 2.17. The fourth-order valence-corrected chi connectivity index (χ4v) is 1.78. The van der Waals surface area contributed by atoms with Crippen molar-refractivity contribution in [2.45, 2.75) is 32.4 Å². The highest BCUT2D eigenvalue weighted by atomic mass is 16.5. The van der Waals surface area contributed by atoms with Gasteiger partial charge in [0.2, 0.25) is 0 Å². The van der Waals surface area contributed by atoms with Crippen LogP contribution in [0.4, 0.5) is 0 Å². The van der Waals surface area contributed by atoms with Crippen LogP contribution in [0.15, 0.2) is 18.2 Å². The van der Waals surface area contributed by atoms with E-state index in [4.69, 9.17) is 4.74 Å². The van der Waals surface area contributed by atoms with Crippen molar-refractivity contribution < 1.29 is 14.9 Å². The summed E-state index contributed by atoms with van der Waals surface area (Å²) >= 11 is 0. The Hall–Kier alpha value is -1.26. The highest BCUT2D eigenvalue weighted by molar-refractivity contribution is 5.40. The van der Waals surface area contributed by atoms with Gasteiger partial charge in [-0.05, 0) is 38.5 Å². The van der Waals surface area contributed by atoms with E-state index in [0.29, 0.717) is 12.2 Å². The van der Waals surface area contributed by atoms with Crippen LogP contribution in [-0.4, -0.2) is 30.0 Å². The Morgan fingerprint density at radius 2 is 2.00 bits per heavy atom. The van der Waals surface area contributed by atoms with Crippen LogP contribution in [-0.2, 0) is 4.74 Å². The van der Waals surface area contributed by atoms with Crippen LogP contribution in [0.3, 0.4) is 0 Å². The van der Waals surface area contributed by atoms with Gasteiger partial charge in [0.05, 0.1) is 0 Å². The highest BCUT2D eigenvalue weighted by Gasteiger charge is 2.13. The molecule has 0 bridgehead atoms. The lowest BCUT2D eigenvalue weighted by Gasteiger charge is -2.21. The topological polar surface area (TPSA) is 61.7 Å². The van der Waals surface area contributed by atoms with Gasteiger partial charge in [-0.1, -0.05) is 0 Å². The number of aromatic hydroxyl groups is 2. The lowest BCUT2D eigenvalue weighted by molar-refractivity contribution is 0.183. The highest BCUT2D eigenvalue weighted by Crippen LogP contribution is 2.28. The molecule has 17 heavy (non-hydrogen) atoms. The van der Waals surface area contributed by atoms with Gasteiger partial charge >= 0.3 is 0 Å². The van der Waals surface area contributed by atoms with Crippen molar-refractivity contribution in [3.8, 4) is 11.5 Å². The molecule has 96 valence electrons. The van der Waals surface area contributed by atoms with E-state index in [1.807, 2.05) is 6.92 Å². The summed E-state index contributed by atoms with van der Waals surface area (Å²) in [6.45, 7) is 4.72. The number of methoxy groups -OCH3 is 1. The molecule has 0 aliphatic heterocycles. The smallest absolute Gasteiger partial charge is 0.120 e. The second-order valence-corrected chi connectivity index (χ2v) is 4.31. The molecule has 2 atom stereocenters. The third kappa shape index (κ3) is 4.24. The molecule has 0 fully saturated rings. The molecule has 0 spiro atoms. The van der Waals surface area contributed by atoms with Gasteiger partial charge in [0, 0.05) is 31.4 Å². The van der Waals surface area contributed by atoms with Gasteiger partial charge in [-0.3, -0.25) is 0 Å². The van der Waals surface area contributed by atoms with E-state index in [-0.39, 0.29) is 23.6 Å². The van der Waals surface area contributed by atoms with E-state index >= 15 is 0 Å². The Bertz CT molecular complexity index is 355. The minimum Gasteiger partial charge on any atom is -0.508 e. The molecule has 0 aliphatic rings. The minimum atomic E-state index is -0.0195. The van der Waals surface area contributed by atoms with Crippen molar-refractivity contribution in [2.75, 3.05) is 13.7 Å². The summed E-state index contributed by atoms with van der Waals surface area (Å²) in [6.07, 6.45) is 0.903. The largest absolute Gasteiger partial charge is 0.508 e. The number of hydrogen-bond acceptors (Lipinski definition) is 4. The van der Waals surface area contributed by atoms with Crippen LogP contribution < -0.4 is 5.32 Å². The van der Waals surface area contributed by atoms with Crippen LogP contribution in [0.1, 0.15) is 31.9 Å².